The lowest BCUT2D eigenvalue weighted by molar-refractivity contribution is 0.0698. The number of rotatable bonds is 3. The Bertz CT molecular complexity index is 719. The van der Waals surface area contributed by atoms with Gasteiger partial charge in [0.2, 0.25) is 5.13 Å². The van der Waals surface area contributed by atoms with Crippen molar-refractivity contribution >= 4 is 66.0 Å². The zero-order valence-corrected chi connectivity index (χ0v) is 14.5. The van der Waals surface area contributed by atoms with Gasteiger partial charge in [-0.15, -0.1) is 10.2 Å². The van der Waals surface area contributed by atoms with Gasteiger partial charge in [-0.1, -0.05) is 27.3 Å². The molecule has 0 aliphatic rings. The molecule has 1 aromatic carbocycles. The zero-order chi connectivity index (χ0) is 15.6. The van der Waals surface area contributed by atoms with E-state index < -0.39 is 12.0 Å². The van der Waals surface area contributed by atoms with Crippen molar-refractivity contribution in [3.63, 3.8) is 0 Å². The number of carboxylic acids is 1. The van der Waals surface area contributed by atoms with Gasteiger partial charge in [-0.05, 0) is 35.0 Å². The Morgan fingerprint density at radius 1 is 1.24 bits per heavy atom. The lowest BCUT2D eigenvalue weighted by Gasteiger charge is -2.11. The van der Waals surface area contributed by atoms with Crippen LogP contribution in [0, 0.1) is 6.92 Å². The Morgan fingerprint density at radius 3 is 2.52 bits per heavy atom. The van der Waals surface area contributed by atoms with E-state index in [0.29, 0.717) is 19.1 Å². The molecule has 2 amide bonds. The molecule has 0 spiro atoms. The lowest BCUT2D eigenvalue weighted by Crippen LogP contribution is -2.21. The summed E-state index contributed by atoms with van der Waals surface area (Å²) < 4.78 is 1.02. The van der Waals surface area contributed by atoms with Crippen molar-refractivity contribution in [1.82, 2.24) is 10.2 Å². The number of carbonyl (C=O) groups is 2. The van der Waals surface area contributed by atoms with Crippen molar-refractivity contribution < 1.29 is 14.7 Å². The maximum atomic E-state index is 11.9. The highest BCUT2D eigenvalue weighted by molar-refractivity contribution is 9.11. The number of carboxylic acid groups (broad SMARTS) is 1. The Labute approximate surface area is 140 Å². The largest absolute Gasteiger partial charge is 0.478 e. The van der Waals surface area contributed by atoms with Crippen molar-refractivity contribution in [1.29, 1.82) is 0 Å². The van der Waals surface area contributed by atoms with E-state index in [2.05, 4.69) is 52.7 Å². The van der Waals surface area contributed by atoms with Gasteiger partial charge in [0, 0.05) is 8.95 Å². The van der Waals surface area contributed by atoms with Gasteiger partial charge in [0.1, 0.15) is 5.01 Å². The minimum absolute atomic E-state index is 0.0418. The van der Waals surface area contributed by atoms with Crippen LogP contribution in [-0.4, -0.2) is 27.3 Å². The van der Waals surface area contributed by atoms with E-state index in [1.165, 1.54) is 17.4 Å². The number of hydrogen-bond acceptors (Lipinski definition) is 5. The van der Waals surface area contributed by atoms with Gasteiger partial charge >= 0.3 is 12.0 Å². The average molecular weight is 436 g/mol. The third-order valence-corrected chi connectivity index (χ3v) is 4.11. The van der Waals surface area contributed by atoms with Crippen LogP contribution >= 0.6 is 43.2 Å². The summed E-state index contributed by atoms with van der Waals surface area (Å²) >= 11 is 7.64. The molecular weight excluding hydrogens is 428 g/mol. The fourth-order valence-electron chi connectivity index (χ4n) is 1.46. The fraction of sp³-hybridized carbons (Fsp3) is 0.0909. The highest BCUT2D eigenvalue weighted by atomic mass is 79.9. The maximum Gasteiger partial charge on any atom is 0.337 e. The number of benzene rings is 1. The molecule has 0 saturated heterocycles. The second-order valence-corrected chi connectivity index (χ2v) is 6.77. The number of nitrogens with zero attached hydrogens (tertiary/aromatic N) is 2. The van der Waals surface area contributed by atoms with Crippen molar-refractivity contribution in [3.05, 3.63) is 31.6 Å². The van der Waals surface area contributed by atoms with E-state index >= 15 is 0 Å². The molecular formula is C11H8Br2N4O3S. The molecule has 0 aliphatic heterocycles. The van der Waals surface area contributed by atoms with E-state index in [9.17, 15) is 14.7 Å². The fourth-order valence-corrected chi connectivity index (χ4v) is 3.37. The Hall–Kier alpha value is -1.52. The molecule has 10 heteroatoms. The molecule has 0 bridgehead atoms. The molecule has 2 rings (SSSR count). The Morgan fingerprint density at radius 2 is 1.95 bits per heavy atom. The first-order chi connectivity index (χ1) is 9.86. The molecule has 0 atom stereocenters. The van der Waals surface area contributed by atoms with Gasteiger partial charge in [0.25, 0.3) is 0 Å². The number of aromatic carboxylic acids is 1. The number of nitrogens with one attached hydrogen (secondary N) is 2. The predicted molar refractivity (Wildman–Crippen MR) is 86.1 cm³/mol. The summed E-state index contributed by atoms with van der Waals surface area (Å²) in [4.78, 5) is 23.1. The topological polar surface area (TPSA) is 104 Å². The highest BCUT2D eigenvalue weighted by Gasteiger charge is 2.17. The molecule has 21 heavy (non-hydrogen) atoms. The zero-order valence-electron chi connectivity index (χ0n) is 10.5. The van der Waals surface area contributed by atoms with Crippen molar-refractivity contribution in [2.24, 2.45) is 0 Å². The van der Waals surface area contributed by atoms with E-state index in [4.69, 9.17) is 0 Å². The molecule has 3 N–H and O–H groups in total. The van der Waals surface area contributed by atoms with Gasteiger partial charge in [0.05, 0.1) is 11.3 Å². The van der Waals surface area contributed by atoms with Crippen LogP contribution in [0.15, 0.2) is 21.1 Å². The molecule has 0 aliphatic carbocycles. The minimum Gasteiger partial charge on any atom is -0.478 e. The number of hydrogen-bond donors (Lipinski definition) is 3. The second-order valence-electron chi connectivity index (χ2n) is 3.82. The summed E-state index contributed by atoms with van der Waals surface area (Å²) in [6.45, 7) is 1.76. The van der Waals surface area contributed by atoms with Crippen LogP contribution in [0.2, 0.25) is 0 Å². The number of amides is 2. The number of urea groups is 1. The van der Waals surface area contributed by atoms with E-state index in [1.807, 2.05) is 0 Å². The standard InChI is InChI=1S/C11H8Br2N4O3S/c1-4-16-17-11(21-4)15-10(20)14-8-6(9(18)19)2-5(12)3-7(8)13/h2-3H,1H3,(H,18,19)(H2,14,15,17,20). The third kappa shape index (κ3) is 3.99. The summed E-state index contributed by atoms with van der Waals surface area (Å²) in [5, 5.41) is 22.7. The van der Waals surface area contributed by atoms with Gasteiger partial charge in [0.15, 0.2) is 0 Å². The van der Waals surface area contributed by atoms with Gasteiger partial charge in [-0.25, -0.2) is 9.59 Å². The highest BCUT2D eigenvalue weighted by Crippen LogP contribution is 2.31. The molecule has 1 aromatic heterocycles. The van der Waals surface area contributed by atoms with Crippen LogP contribution in [-0.2, 0) is 0 Å². The van der Waals surface area contributed by atoms with E-state index in [0.717, 1.165) is 0 Å². The normalized spacial score (nSPS) is 10.2. The number of halogens is 2. The van der Waals surface area contributed by atoms with Gasteiger partial charge in [-0.3, -0.25) is 5.32 Å². The van der Waals surface area contributed by atoms with Crippen LogP contribution < -0.4 is 10.6 Å². The number of aryl methyl sites for hydroxylation is 1. The van der Waals surface area contributed by atoms with Gasteiger partial charge in [-0.2, -0.15) is 0 Å². The van der Waals surface area contributed by atoms with Crippen LogP contribution in [0.3, 0.4) is 0 Å². The first-order valence-corrected chi connectivity index (χ1v) is 7.87. The Balaban J connectivity index is 2.22. The molecule has 0 unspecified atom stereocenters. The number of carbonyl (C=O) groups excluding carboxylic acids is 1. The van der Waals surface area contributed by atoms with E-state index in [-0.39, 0.29) is 11.3 Å². The first-order valence-electron chi connectivity index (χ1n) is 5.47. The minimum atomic E-state index is -1.15. The second kappa shape index (κ2) is 6.50. The van der Waals surface area contributed by atoms with Crippen LogP contribution in [0.25, 0.3) is 0 Å². The Kier molecular flexibility index (Phi) is 4.91. The summed E-state index contributed by atoms with van der Waals surface area (Å²) in [5.74, 6) is -1.15. The van der Waals surface area contributed by atoms with E-state index in [1.54, 1.807) is 13.0 Å². The first kappa shape index (κ1) is 15.9. The summed E-state index contributed by atoms with van der Waals surface area (Å²) in [5.41, 5.74) is 0.115. The molecule has 2 aromatic rings. The molecule has 110 valence electrons. The lowest BCUT2D eigenvalue weighted by atomic mass is 10.2. The van der Waals surface area contributed by atoms with Crippen LogP contribution in [0.4, 0.5) is 15.6 Å². The number of anilines is 2. The molecule has 7 nitrogen and oxygen atoms in total. The SMILES string of the molecule is Cc1nnc(NC(=O)Nc2c(Br)cc(Br)cc2C(=O)O)s1. The quantitative estimate of drug-likeness (QED) is 0.681. The smallest absolute Gasteiger partial charge is 0.337 e. The average Bonchev–Trinajstić information content (AvgIpc) is 2.77. The van der Waals surface area contributed by atoms with Crippen molar-refractivity contribution in [2.75, 3.05) is 10.6 Å². The summed E-state index contributed by atoms with van der Waals surface area (Å²) in [6, 6.07) is 2.44. The maximum absolute atomic E-state index is 11.9. The van der Waals surface area contributed by atoms with Crippen molar-refractivity contribution in [3.8, 4) is 0 Å². The molecule has 0 saturated carbocycles. The van der Waals surface area contributed by atoms with Gasteiger partial charge < -0.3 is 10.4 Å². The third-order valence-electron chi connectivity index (χ3n) is 2.27. The van der Waals surface area contributed by atoms with Crippen LogP contribution in [0.1, 0.15) is 15.4 Å². The van der Waals surface area contributed by atoms with Crippen LogP contribution in [0.5, 0.6) is 0 Å². The molecule has 1 heterocycles. The summed E-state index contributed by atoms with van der Waals surface area (Å²) in [6.07, 6.45) is 0. The molecule has 0 fully saturated rings. The molecule has 0 radical (unpaired) electrons. The number of aromatic nitrogens is 2. The van der Waals surface area contributed by atoms with Crippen molar-refractivity contribution in [2.45, 2.75) is 6.92 Å². The predicted octanol–water partition coefficient (Wildman–Crippen LogP) is 3.71. The monoisotopic (exact) mass is 434 g/mol. The summed E-state index contributed by atoms with van der Waals surface area (Å²) in [7, 11) is 0.